The van der Waals surface area contributed by atoms with E-state index >= 15 is 0 Å². The lowest BCUT2D eigenvalue weighted by Gasteiger charge is -2.29. The fourth-order valence-electron chi connectivity index (χ4n) is 3.50. The zero-order valence-corrected chi connectivity index (χ0v) is 13.5. The number of benzene rings is 1. The summed E-state index contributed by atoms with van der Waals surface area (Å²) in [4.78, 5) is 0. The van der Waals surface area contributed by atoms with Crippen molar-refractivity contribution in [3.63, 3.8) is 0 Å². The number of hydrogen-bond acceptors (Lipinski definition) is 1. The van der Waals surface area contributed by atoms with E-state index in [0.717, 1.165) is 11.8 Å². The quantitative estimate of drug-likeness (QED) is 0.666. The summed E-state index contributed by atoms with van der Waals surface area (Å²) >= 11 is 0. The van der Waals surface area contributed by atoms with Gasteiger partial charge in [-0.2, -0.15) is 0 Å². The Morgan fingerprint density at radius 3 is 2.60 bits per heavy atom. The van der Waals surface area contributed by atoms with Crippen LogP contribution in [0.3, 0.4) is 0 Å². The predicted octanol–water partition coefficient (Wildman–Crippen LogP) is 5.43. The third-order valence-electron chi connectivity index (χ3n) is 5.08. The van der Waals surface area contributed by atoms with Gasteiger partial charge < -0.3 is 5.32 Å². The molecule has 0 spiro atoms. The van der Waals surface area contributed by atoms with Crippen molar-refractivity contribution in [2.45, 2.75) is 70.8 Å². The van der Waals surface area contributed by atoms with Crippen LogP contribution in [-0.4, -0.2) is 7.05 Å². The molecule has 1 fully saturated rings. The molecular formula is C19H31N. The standard InChI is InChI=1S/C19H31N/c1-4-6-9-15(5-2)19(20-3)18-13-8-12-17(14-18)16-10-7-11-16/h8,12-16,19-20H,4-7,9-11H2,1-3H3. The minimum atomic E-state index is 0.520. The molecule has 0 heterocycles. The van der Waals surface area contributed by atoms with Crippen LogP contribution in [0.2, 0.25) is 0 Å². The molecule has 2 rings (SSSR count). The van der Waals surface area contributed by atoms with Crippen LogP contribution in [0, 0.1) is 5.92 Å². The van der Waals surface area contributed by atoms with E-state index in [1.807, 2.05) is 0 Å². The Hall–Kier alpha value is -0.820. The smallest absolute Gasteiger partial charge is 0.0346 e. The zero-order valence-electron chi connectivity index (χ0n) is 13.5. The summed E-state index contributed by atoms with van der Waals surface area (Å²) < 4.78 is 0. The van der Waals surface area contributed by atoms with Gasteiger partial charge in [-0.05, 0) is 49.3 Å². The maximum absolute atomic E-state index is 3.58. The molecule has 1 N–H and O–H groups in total. The molecule has 1 aliphatic rings. The molecule has 0 bridgehead atoms. The molecular weight excluding hydrogens is 242 g/mol. The van der Waals surface area contributed by atoms with Crippen LogP contribution in [-0.2, 0) is 0 Å². The van der Waals surface area contributed by atoms with E-state index in [1.165, 1.54) is 50.5 Å². The number of rotatable bonds is 8. The van der Waals surface area contributed by atoms with Crippen molar-refractivity contribution < 1.29 is 0 Å². The minimum Gasteiger partial charge on any atom is -0.313 e. The molecule has 0 saturated heterocycles. The SMILES string of the molecule is CCCCC(CC)C(NC)c1cccc(C2CCC2)c1. The molecule has 1 aromatic rings. The van der Waals surface area contributed by atoms with Crippen LogP contribution >= 0.6 is 0 Å². The Morgan fingerprint density at radius 2 is 2.05 bits per heavy atom. The van der Waals surface area contributed by atoms with Gasteiger partial charge in [0, 0.05) is 6.04 Å². The molecule has 0 amide bonds. The second-order valence-electron chi connectivity index (χ2n) is 6.37. The largest absolute Gasteiger partial charge is 0.313 e. The van der Waals surface area contributed by atoms with Crippen LogP contribution < -0.4 is 5.32 Å². The zero-order chi connectivity index (χ0) is 14.4. The first-order valence-electron chi connectivity index (χ1n) is 8.57. The molecule has 0 radical (unpaired) electrons. The second kappa shape index (κ2) is 7.83. The summed E-state index contributed by atoms with van der Waals surface area (Å²) in [6.07, 6.45) is 9.44. The van der Waals surface area contributed by atoms with Crippen molar-refractivity contribution in [1.82, 2.24) is 5.32 Å². The molecule has 1 saturated carbocycles. The highest BCUT2D eigenvalue weighted by Crippen LogP contribution is 2.38. The molecule has 20 heavy (non-hydrogen) atoms. The number of unbranched alkanes of at least 4 members (excludes halogenated alkanes) is 1. The first kappa shape index (κ1) is 15.6. The van der Waals surface area contributed by atoms with E-state index in [1.54, 1.807) is 5.56 Å². The van der Waals surface area contributed by atoms with Crippen molar-refractivity contribution in [1.29, 1.82) is 0 Å². The van der Waals surface area contributed by atoms with Crippen molar-refractivity contribution >= 4 is 0 Å². The molecule has 1 heteroatoms. The van der Waals surface area contributed by atoms with Gasteiger partial charge in [0.15, 0.2) is 0 Å². The van der Waals surface area contributed by atoms with Gasteiger partial charge >= 0.3 is 0 Å². The van der Waals surface area contributed by atoms with Crippen LogP contribution in [0.5, 0.6) is 0 Å². The third kappa shape index (κ3) is 3.63. The predicted molar refractivity (Wildman–Crippen MR) is 88.1 cm³/mol. The molecule has 2 atom stereocenters. The average molecular weight is 273 g/mol. The van der Waals surface area contributed by atoms with Crippen LogP contribution in [0.4, 0.5) is 0 Å². The molecule has 1 aliphatic carbocycles. The Morgan fingerprint density at radius 1 is 1.25 bits per heavy atom. The van der Waals surface area contributed by atoms with Gasteiger partial charge in [-0.3, -0.25) is 0 Å². The van der Waals surface area contributed by atoms with Gasteiger partial charge in [-0.15, -0.1) is 0 Å². The molecule has 2 unspecified atom stereocenters. The van der Waals surface area contributed by atoms with Crippen LogP contribution in [0.15, 0.2) is 24.3 Å². The highest BCUT2D eigenvalue weighted by atomic mass is 14.9. The summed E-state index contributed by atoms with van der Waals surface area (Å²) in [6.45, 7) is 4.62. The van der Waals surface area contributed by atoms with E-state index < -0.39 is 0 Å². The maximum atomic E-state index is 3.58. The molecule has 0 aliphatic heterocycles. The summed E-state index contributed by atoms with van der Waals surface area (Å²) in [7, 11) is 2.12. The van der Waals surface area contributed by atoms with E-state index in [9.17, 15) is 0 Å². The lowest BCUT2D eigenvalue weighted by atomic mass is 9.78. The van der Waals surface area contributed by atoms with Crippen molar-refractivity contribution in [3.8, 4) is 0 Å². The van der Waals surface area contributed by atoms with E-state index in [2.05, 4.69) is 50.5 Å². The summed E-state index contributed by atoms with van der Waals surface area (Å²) in [5.41, 5.74) is 3.07. The molecule has 112 valence electrons. The van der Waals surface area contributed by atoms with Gasteiger partial charge in [0.1, 0.15) is 0 Å². The maximum Gasteiger partial charge on any atom is 0.0346 e. The van der Waals surface area contributed by atoms with Crippen molar-refractivity contribution in [3.05, 3.63) is 35.4 Å². The number of hydrogen-bond donors (Lipinski definition) is 1. The second-order valence-corrected chi connectivity index (χ2v) is 6.37. The van der Waals surface area contributed by atoms with Crippen LogP contribution in [0.1, 0.15) is 81.9 Å². The molecule has 1 aromatic carbocycles. The Labute approximate surface area is 125 Å². The normalized spacial score (nSPS) is 18.6. The highest BCUT2D eigenvalue weighted by molar-refractivity contribution is 5.30. The van der Waals surface area contributed by atoms with Crippen LogP contribution in [0.25, 0.3) is 0 Å². The van der Waals surface area contributed by atoms with Crippen molar-refractivity contribution in [2.24, 2.45) is 5.92 Å². The highest BCUT2D eigenvalue weighted by Gasteiger charge is 2.23. The van der Waals surface area contributed by atoms with Crippen molar-refractivity contribution in [2.75, 3.05) is 7.05 Å². The van der Waals surface area contributed by atoms with E-state index in [0.29, 0.717) is 6.04 Å². The topological polar surface area (TPSA) is 12.0 Å². The van der Waals surface area contributed by atoms with Gasteiger partial charge in [0.25, 0.3) is 0 Å². The third-order valence-corrected chi connectivity index (χ3v) is 5.08. The first-order valence-corrected chi connectivity index (χ1v) is 8.57. The summed E-state index contributed by atoms with van der Waals surface area (Å²) in [6, 6.07) is 9.90. The monoisotopic (exact) mass is 273 g/mol. The summed E-state index contributed by atoms with van der Waals surface area (Å²) in [5.74, 6) is 1.60. The average Bonchev–Trinajstić information content (AvgIpc) is 2.42. The van der Waals surface area contributed by atoms with Gasteiger partial charge in [-0.1, -0.05) is 63.8 Å². The Bertz CT molecular complexity index is 395. The Kier molecular flexibility index (Phi) is 6.09. The lowest BCUT2D eigenvalue weighted by Crippen LogP contribution is -2.25. The number of nitrogens with one attached hydrogen (secondary N) is 1. The van der Waals surface area contributed by atoms with Gasteiger partial charge in [0.05, 0.1) is 0 Å². The molecule has 0 aromatic heterocycles. The first-order chi connectivity index (χ1) is 9.80. The Balaban J connectivity index is 2.12. The fourth-order valence-corrected chi connectivity index (χ4v) is 3.50. The fraction of sp³-hybridized carbons (Fsp3) is 0.684. The van der Waals surface area contributed by atoms with Gasteiger partial charge in [-0.25, -0.2) is 0 Å². The van der Waals surface area contributed by atoms with Gasteiger partial charge in [0.2, 0.25) is 0 Å². The van der Waals surface area contributed by atoms with E-state index in [4.69, 9.17) is 0 Å². The van der Waals surface area contributed by atoms with E-state index in [-0.39, 0.29) is 0 Å². The summed E-state index contributed by atoms with van der Waals surface area (Å²) in [5, 5.41) is 3.58. The lowest BCUT2D eigenvalue weighted by molar-refractivity contribution is 0.338. The molecule has 1 nitrogen and oxygen atoms in total. The minimum absolute atomic E-state index is 0.520.